The summed E-state index contributed by atoms with van der Waals surface area (Å²) < 4.78 is 17.9. The fourth-order valence-corrected chi connectivity index (χ4v) is 1.88. The van der Waals surface area contributed by atoms with Crippen molar-refractivity contribution in [2.75, 3.05) is 13.6 Å². The number of aliphatic hydroxyl groups is 1. The van der Waals surface area contributed by atoms with Crippen LogP contribution in [0.5, 0.6) is 0 Å². The van der Waals surface area contributed by atoms with Gasteiger partial charge in [0.15, 0.2) is 5.82 Å². The highest BCUT2D eigenvalue weighted by atomic mass is 19.1. The van der Waals surface area contributed by atoms with Crippen molar-refractivity contribution >= 4 is 0 Å². The van der Waals surface area contributed by atoms with Gasteiger partial charge in [0.05, 0.1) is 12.6 Å². The van der Waals surface area contributed by atoms with E-state index in [9.17, 15) is 9.50 Å². The molecule has 2 aromatic rings. The van der Waals surface area contributed by atoms with Crippen LogP contribution in [0, 0.1) is 5.82 Å². The molecule has 20 heavy (non-hydrogen) atoms. The molecule has 1 N–H and O–H groups in total. The smallest absolute Gasteiger partial charge is 0.240 e. The van der Waals surface area contributed by atoms with Gasteiger partial charge in [0.1, 0.15) is 5.82 Å². The third-order valence-electron chi connectivity index (χ3n) is 2.97. The SMILES string of the molecule is CCc1noc(CN(C)CC(O)c2ccc(F)cc2)n1. The Balaban J connectivity index is 1.90. The van der Waals surface area contributed by atoms with Crippen LogP contribution in [0.15, 0.2) is 28.8 Å². The zero-order valence-electron chi connectivity index (χ0n) is 11.6. The van der Waals surface area contributed by atoms with Gasteiger partial charge in [-0.05, 0) is 24.7 Å². The summed E-state index contributed by atoms with van der Waals surface area (Å²) in [5.41, 5.74) is 0.679. The molecule has 108 valence electrons. The molecule has 0 amide bonds. The number of rotatable bonds is 6. The minimum absolute atomic E-state index is 0.313. The number of aromatic nitrogens is 2. The van der Waals surface area contributed by atoms with E-state index in [1.54, 1.807) is 12.1 Å². The van der Waals surface area contributed by atoms with Crippen molar-refractivity contribution in [1.82, 2.24) is 15.0 Å². The Morgan fingerprint density at radius 1 is 1.35 bits per heavy atom. The van der Waals surface area contributed by atoms with Crippen LogP contribution in [0.3, 0.4) is 0 Å². The zero-order chi connectivity index (χ0) is 14.5. The van der Waals surface area contributed by atoms with Crippen LogP contribution >= 0.6 is 0 Å². The first-order valence-corrected chi connectivity index (χ1v) is 6.52. The fraction of sp³-hybridized carbons (Fsp3) is 0.429. The number of hydrogen-bond donors (Lipinski definition) is 1. The molecular weight excluding hydrogens is 261 g/mol. The van der Waals surface area contributed by atoms with E-state index in [0.717, 1.165) is 6.42 Å². The summed E-state index contributed by atoms with van der Waals surface area (Å²) in [5.74, 6) is 0.885. The summed E-state index contributed by atoms with van der Waals surface area (Å²) in [4.78, 5) is 6.09. The maximum atomic E-state index is 12.8. The molecule has 0 aliphatic heterocycles. The second-order valence-electron chi connectivity index (χ2n) is 4.72. The summed E-state index contributed by atoms with van der Waals surface area (Å²) in [5, 5.41) is 13.9. The molecule has 0 saturated carbocycles. The number of aryl methyl sites for hydroxylation is 1. The van der Waals surface area contributed by atoms with Crippen LogP contribution in [0.1, 0.15) is 30.3 Å². The molecule has 1 heterocycles. The van der Waals surface area contributed by atoms with Gasteiger partial charge in [-0.1, -0.05) is 24.2 Å². The van der Waals surface area contributed by atoms with Crippen molar-refractivity contribution in [2.45, 2.75) is 26.0 Å². The quantitative estimate of drug-likeness (QED) is 0.875. The predicted molar refractivity (Wildman–Crippen MR) is 71.4 cm³/mol. The van der Waals surface area contributed by atoms with E-state index in [1.807, 2.05) is 18.9 Å². The summed E-state index contributed by atoms with van der Waals surface area (Å²) in [6, 6.07) is 5.83. The summed E-state index contributed by atoms with van der Waals surface area (Å²) >= 11 is 0. The molecule has 0 spiro atoms. The summed E-state index contributed by atoms with van der Waals surface area (Å²) in [6.07, 6.45) is 0.0416. The Kier molecular flexibility index (Phi) is 4.81. The molecule has 0 fully saturated rings. The first-order valence-electron chi connectivity index (χ1n) is 6.52. The van der Waals surface area contributed by atoms with Gasteiger partial charge >= 0.3 is 0 Å². The lowest BCUT2D eigenvalue weighted by atomic mass is 10.1. The monoisotopic (exact) mass is 279 g/mol. The van der Waals surface area contributed by atoms with E-state index in [-0.39, 0.29) is 5.82 Å². The minimum atomic E-state index is -0.686. The molecule has 1 atom stereocenters. The van der Waals surface area contributed by atoms with E-state index >= 15 is 0 Å². The average Bonchev–Trinajstić information content (AvgIpc) is 2.86. The second kappa shape index (κ2) is 6.58. The predicted octanol–water partition coefficient (Wildman–Crippen LogP) is 1.94. The van der Waals surface area contributed by atoms with Gasteiger partial charge < -0.3 is 9.63 Å². The van der Waals surface area contributed by atoms with Crippen LogP contribution in [-0.4, -0.2) is 33.7 Å². The molecule has 2 rings (SSSR count). The van der Waals surface area contributed by atoms with E-state index in [4.69, 9.17) is 4.52 Å². The molecule has 1 unspecified atom stereocenters. The third kappa shape index (κ3) is 3.85. The lowest BCUT2D eigenvalue weighted by Gasteiger charge is -2.19. The molecule has 6 heteroatoms. The molecule has 0 radical (unpaired) electrons. The first-order chi connectivity index (χ1) is 9.58. The normalized spacial score (nSPS) is 12.8. The van der Waals surface area contributed by atoms with Gasteiger partial charge in [-0.15, -0.1) is 0 Å². The summed E-state index contributed by atoms with van der Waals surface area (Å²) in [6.45, 7) is 2.82. The van der Waals surface area contributed by atoms with E-state index in [2.05, 4.69) is 10.1 Å². The number of hydrogen-bond acceptors (Lipinski definition) is 5. The van der Waals surface area contributed by atoms with Gasteiger partial charge in [0, 0.05) is 13.0 Å². The van der Waals surface area contributed by atoms with Crippen LogP contribution in [0.2, 0.25) is 0 Å². The van der Waals surface area contributed by atoms with Crippen LogP contribution in [0.4, 0.5) is 4.39 Å². The van der Waals surface area contributed by atoms with Gasteiger partial charge in [0.25, 0.3) is 0 Å². The molecular formula is C14H18FN3O2. The fourth-order valence-electron chi connectivity index (χ4n) is 1.88. The first kappa shape index (κ1) is 14.6. The van der Waals surface area contributed by atoms with Crippen LogP contribution < -0.4 is 0 Å². The van der Waals surface area contributed by atoms with E-state index in [0.29, 0.717) is 30.4 Å². The summed E-state index contributed by atoms with van der Waals surface area (Å²) in [7, 11) is 1.85. The van der Waals surface area contributed by atoms with E-state index in [1.165, 1.54) is 12.1 Å². The molecule has 1 aromatic heterocycles. The number of benzene rings is 1. The van der Waals surface area contributed by atoms with Gasteiger partial charge in [-0.25, -0.2) is 4.39 Å². The highest BCUT2D eigenvalue weighted by molar-refractivity contribution is 5.18. The van der Waals surface area contributed by atoms with Gasteiger partial charge in [-0.3, -0.25) is 4.90 Å². The Hall–Kier alpha value is -1.79. The third-order valence-corrected chi connectivity index (χ3v) is 2.97. The van der Waals surface area contributed by atoms with Crippen molar-refractivity contribution in [2.24, 2.45) is 0 Å². The zero-order valence-corrected chi connectivity index (χ0v) is 11.6. The lowest BCUT2D eigenvalue weighted by Crippen LogP contribution is -2.24. The topological polar surface area (TPSA) is 62.4 Å². The van der Waals surface area contributed by atoms with Gasteiger partial charge in [0.2, 0.25) is 5.89 Å². The molecule has 1 aromatic carbocycles. The molecule has 5 nitrogen and oxygen atoms in total. The maximum absolute atomic E-state index is 12.8. The van der Waals surface area contributed by atoms with Crippen molar-refractivity contribution in [1.29, 1.82) is 0 Å². The Morgan fingerprint density at radius 2 is 2.05 bits per heavy atom. The molecule has 0 aliphatic rings. The highest BCUT2D eigenvalue weighted by Crippen LogP contribution is 2.15. The van der Waals surface area contributed by atoms with Crippen molar-refractivity contribution in [3.63, 3.8) is 0 Å². The van der Waals surface area contributed by atoms with Crippen molar-refractivity contribution in [3.05, 3.63) is 47.4 Å². The van der Waals surface area contributed by atoms with Crippen molar-refractivity contribution < 1.29 is 14.0 Å². The largest absolute Gasteiger partial charge is 0.387 e. The highest BCUT2D eigenvalue weighted by Gasteiger charge is 2.13. The Morgan fingerprint density at radius 3 is 2.65 bits per heavy atom. The standard InChI is InChI=1S/C14H18FN3O2/c1-3-13-16-14(20-17-13)9-18(2)8-12(19)10-4-6-11(15)7-5-10/h4-7,12,19H,3,8-9H2,1-2H3. The number of nitrogens with zero attached hydrogens (tertiary/aromatic N) is 3. The minimum Gasteiger partial charge on any atom is -0.387 e. The number of halogens is 1. The van der Waals surface area contributed by atoms with Crippen LogP contribution in [0.25, 0.3) is 0 Å². The van der Waals surface area contributed by atoms with Crippen LogP contribution in [-0.2, 0) is 13.0 Å². The average molecular weight is 279 g/mol. The second-order valence-corrected chi connectivity index (χ2v) is 4.72. The Labute approximate surface area is 117 Å². The van der Waals surface area contributed by atoms with Gasteiger partial charge in [-0.2, -0.15) is 4.98 Å². The number of aliphatic hydroxyl groups excluding tert-OH is 1. The Bertz CT molecular complexity index is 542. The molecule has 0 saturated heterocycles. The van der Waals surface area contributed by atoms with Crippen molar-refractivity contribution in [3.8, 4) is 0 Å². The van der Waals surface area contributed by atoms with E-state index < -0.39 is 6.10 Å². The molecule has 0 aliphatic carbocycles. The molecule has 0 bridgehead atoms. The number of likely N-dealkylation sites (N-methyl/N-ethyl adjacent to an activating group) is 1. The lowest BCUT2D eigenvalue weighted by molar-refractivity contribution is 0.117. The maximum Gasteiger partial charge on any atom is 0.240 e.